The first kappa shape index (κ1) is 10.7. The predicted octanol–water partition coefficient (Wildman–Crippen LogP) is 1.70. The van der Waals surface area contributed by atoms with Crippen molar-refractivity contribution < 1.29 is 5.11 Å². The molecule has 0 spiro atoms. The number of nitrogens with two attached hydrogens (primary N) is 1. The minimum Gasteiger partial charge on any atom is -0.392 e. The van der Waals surface area contributed by atoms with Crippen LogP contribution in [0.5, 0.6) is 0 Å². The Hall–Kier alpha value is -0.380. The fourth-order valence-corrected chi connectivity index (χ4v) is 1.62. The first-order chi connectivity index (χ1) is 6.24. The molecule has 72 valence electrons. The molecule has 1 rings (SSSR count). The van der Waals surface area contributed by atoms with E-state index in [9.17, 15) is 5.11 Å². The van der Waals surface area contributed by atoms with Crippen molar-refractivity contribution >= 4 is 15.9 Å². The van der Waals surface area contributed by atoms with Crippen molar-refractivity contribution in [1.82, 2.24) is 0 Å². The molecule has 0 radical (unpaired) electrons. The molecule has 0 fully saturated rings. The Morgan fingerprint density at radius 3 is 2.69 bits per heavy atom. The van der Waals surface area contributed by atoms with Crippen molar-refractivity contribution in [2.24, 2.45) is 5.73 Å². The highest BCUT2D eigenvalue weighted by atomic mass is 79.9. The van der Waals surface area contributed by atoms with Gasteiger partial charge in [0.25, 0.3) is 0 Å². The van der Waals surface area contributed by atoms with Gasteiger partial charge in [0.2, 0.25) is 0 Å². The highest BCUT2D eigenvalue weighted by molar-refractivity contribution is 9.10. The molecule has 1 aromatic carbocycles. The molecule has 0 aliphatic rings. The number of rotatable bonds is 4. The maximum atomic E-state index is 9.27. The third-order valence-corrected chi connectivity index (χ3v) is 2.75. The monoisotopic (exact) mass is 243 g/mol. The van der Waals surface area contributed by atoms with Crippen LogP contribution >= 0.6 is 15.9 Å². The summed E-state index contributed by atoms with van der Waals surface area (Å²) in [4.78, 5) is 0. The van der Waals surface area contributed by atoms with Gasteiger partial charge < -0.3 is 10.8 Å². The zero-order valence-electron chi connectivity index (χ0n) is 7.41. The summed E-state index contributed by atoms with van der Waals surface area (Å²) in [7, 11) is 0. The lowest BCUT2D eigenvalue weighted by Gasteiger charge is -2.08. The first-order valence-corrected chi connectivity index (χ1v) is 5.15. The van der Waals surface area contributed by atoms with Crippen LogP contribution in [-0.2, 0) is 6.42 Å². The minimum absolute atomic E-state index is 0.338. The Morgan fingerprint density at radius 1 is 1.38 bits per heavy atom. The van der Waals surface area contributed by atoms with Crippen LogP contribution in [0.3, 0.4) is 0 Å². The normalized spacial score (nSPS) is 12.8. The zero-order chi connectivity index (χ0) is 9.68. The van der Waals surface area contributed by atoms with Gasteiger partial charge in [0, 0.05) is 11.0 Å². The molecule has 0 aromatic heterocycles. The van der Waals surface area contributed by atoms with Crippen LogP contribution in [0.1, 0.15) is 12.0 Å². The molecule has 0 saturated carbocycles. The summed E-state index contributed by atoms with van der Waals surface area (Å²) in [5.74, 6) is 0. The van der Waals surface area contributed by atoms with Crippen LogP contribution in [0.25, 0.3) is 0 Å². The molecule has 3 heteroatoms. The lowest BCUT2D eigenvalue weighted by atomic mass is 10.1. The molecule has 0 amide bonds. The summed E-state index contributed by atoms with van der Waals surface area (Å²) in [6.45, 7) is 0.338. The van der Waals surface area contributed by atoms with Gasteiger partial charge in [-0.05, 0) is 24.5 Å². The Bertz CT molecular complexity index is 265. The molecule has 0 bridgehead atoms. The number of aliphatic hydroxyl groups excluding tert-OH is 1. The van der Waals surface area contributed by atoms with E-state index in [1.807, 2.05) is 24.3 Å². The second-order valence-corrected chi connectivity index (χ2v) is 3.87. The molecule has 0 heterocycles. The van der Waals surface area contributed by atoms with E-state index in [0.29, 0.717) is 6.54 Å². The summed E-state index contributed by atoms with van der Waals surface area (Å²) in [6.07, 6.45) is 1.20. The second kappa shape index (κ2) is 5.37. The number of hydrogen-bond acceptors (Lipinski definition) is 2. The zero-order valence-corrected chi connectivity index (χ0v) is 9.00. The van der Waals surface area contributed by atoms with Crippen molar-refractivity contribution in [2.75, 3.05) is 6.54 Å². The van der Waals surface area contributed by atoms with Gasteiger partial charge in [-0.25, -0.2) is 0 Å². The second-order valence-electron chi connectivity index (χ2n) is 3.02. The molecule has 0 aliphatic heterocycles. The van der Waals surface area contributed by atoms with Gasteiger partial charge in [0.1, 0.15) is 0 Å². The summed E-state index contributed by atoms with van der Waals surface area (Å²) in [5, 5.41) is 9.27. The van der Waals surface area contributed by atoms with E-state index >= 15 is 0 Å². The molecule has 1 atom stereocenters. The van der Waals surface area contributed by atoms with Crippen molar-refractivity contribution in [2.45, 2.75) is 18.9 Å². The highest BCUT2D eigenvalue weighted by Crippen LogP contribution is 2.17. The van der Waals surface area contributed by atoms with Crippen molar-refractivity contribution in [3.05, 3.63) is 34.3 Å². The fourth-order valence-electron chi connectivity index (χ4n) is 1.14. The molecule has 0 aliphatic carbocycles. The molecular formula is C10H14BrNO. The third-order valence-electron chi connectivity index (χ3n) is 1.98. The highest BCUT2D eigenvalue weighted by Gasteiger charge is 2.03. The van der Waals surface area contributed by atoms with E-state index in [2.05, 4.69) is 15.9 Å². The third kappa shape index (κ3) is 3.46. The molecule has 1 aromatic rings. The van der Waals surface area contributed by atoms with Crippen LogP contribution in [0.15, 0.2) is 28.7 Å². The molecule has 0 saturated heterocycles. The Kier molecular flexibility index (Phi) is 4.42. The van der Waals surface area contributed by atoms with Gasteiger partial charge in [-0.2, -0.15) is 0 Å². The SMILES string of the molecule is NCC(O)CCc1ccccc1Br. The van der Waals surface area contributed by atoms with E-state index in [-0.39, 0.29) is 6.10 Å². The van der Waals surface area contributed by atoms with Gasteiger partial charge in [-0.15, -0.1) is 0 Å². The van der Waals surface area contributed by atoms with Gasteiger partial charge in [0.15, 0.2) is 0 Å². The number of hydrogen-bond donors (Lipinski definition) is 2. The van der Waals surface area contributed by atoms with Gasteiger partial charge >= 0.3 is 0 Å². The van der Waals surface area contributed by atoms with E-state index in [1.54, 1.807) is 0 Å². The number of benzene rings is 1. The van der Waals surface area contributed by atoms with E-state index in [4.69, 9.17) is 5.73 Å². The smallest absolute Gasteiger partial charge is 0.0665 e. The van der Waals surface area contributed by atoms with Gasteiger partial charge in [-0.3, -0.25) is 0 Å². The molecule has 1 unspecified atom stereocenters. The molecule has 2 nitrogen and oxygen atoms in total. The summed E-state index contributed by atoms with van der Waals surface area (Å²) in [5.41, 5.74) is 6.53. The number of aryl methyl sites for hydroxylation is 1. The largest absolute Gasteiger partial charge is 0.392 e. The summed E-state index contributed by atoms with van der Waals surface area (Å²) >= 11 is 3.46. The van der Waals surface area contributed by atoms with Crippen LogP contribution in [0.2, 0.25) is 0 Å². The van der Waals surface area contributed by atoms with Crippen molar-refractivity contribution in [3.8, 4) is 0 Å². The van der Waals surface area contributed by atoms with Gasteiger partial charge in [0.05, 0.1) is 6.10 Å². The van der Waals surface area contributed by atoms with Crippen LogP contribution < -0.4 is 5.73 Å². The Balaban J connectivity index is 2.50. The molecular weight excluding hydrogens is 230 g/mol. The summed E-state index contributed by atoms with van der Waals surface area (Å²) in [6, 6.07) is 8.03. The minimum atomic E-state index is -0.382. The lowest BCUT2D eigenvalue weighted by molar-refractivity contribution is 0.173. The average Bonchev–Trinajstić information content (AvgIpc) is 2.16. The van der Waals surface area contributed by atoms with Crippen molar-refractivity contribution in [3.63, 3.8) is 0 Å². The maximum Gasteiger partial charge on any atom is 0.0665 e. The molecule has 13 heavy (non-hydrogen) atoms. The van der Waals surface area contributed by atoms with E-state index in [0.717, 1.165) is 17.3 Å². The van der Waals surface area contributed by atoms with Crippen molar-refractivity contribution in [1.29, 1.82) is 0 Å². The fraction of sp³-hybridized carbons (Fsp3) is 0.400. The Labute approximate surface area is 86.9 Å². The maximum absolute atomic E-state index is 9.27. The van der Waals surface area contributed by atoms with Crippen LogP contribution in [0.4, 0.5) is 0 Å². The Morgan fingerprint density at radius 2 is 2.08 bits per heavy atom. The summed E-state index contributed by atoms with van der Waals surface area (Å²) < 4.78 is 1.10. The average molecular weight is 244 g/mol. The predicted molar refractivity (Wildman–Crippen MR) is 57.5 cm³/mol. The molecule has 3 N–H and O–H groups in total. The number of aliphatic hydroxyl groups is 1. The number of halogens is 1. The first-order valence-electron chi connectivity index (χ1n) is 4.35. The quantitative estimate of drug-likeness (QED) is 0.846. The van der Waals surface area contributed by atoms with Gasteiger partial charge in [-0.1, -0.05) is 34.1 Å². The standard InChI is InChI=1S/C10H14BrNO/c11-10-4-2-1-3-8(10)5-6-9(13)7-12/h1-4,9,13H,5-7,12H2. The van der Waals surface area contributed by atoms with E-state index < -0.39 is 0 Å². The van der Waals surface area contributed by atoms with Crippen LogP contribution in [-0.4, -0.2) is 17.8 Å². The van der Waals surface area contributed by atoms with E-state index in [1.165, 1.54) is 5.56 Å². The lowest BCUT2D eigenvalue weighted by Crippen LogP contribution is -2.20. The van der Waals surface area contributed by atoms with Crippen LogP contribution in [0, 0.1) is 0 Å². The topological polar surface area (TPSA) is 46.2 Å².